The zero-order chi connectivity index (χ0) is 39.0. The van der Waals surface area contributed by atoms with E-state index in [2.05, 4.69) is 202 Å². The Morgan fingerprint density at radius 3 is 1.72 bits per heavy atom. The van der Waals surface area contributed by atoms with Crippen LogP contribution in [0.25, 0.3) is 44.2 Å². The van der Waals surface area contributed by atoms with E-state index in [1.165, 1.54) is 127 Å². The van der Waals surface area contributed by atoms with Crippen LogP contribution in [0.2, 0.25) is 0 Å². The molecular weight excluding hydrogens is 699 g/mol. The fourth-order valence-electron chi connectivity index (χ4n) is 11.2. The van der Waals surface area contributed by atoms with Crippen LogP contribution in [0.4, 0.5) is 17.1 Å². The smallest absolute Gasteiger partial charge is 0.0540 e. The molecule has 58 heavy (non-hydrogen) atoms. The second-order valence-corrected chi connectivity index (χ2v) is 17.6. The average molecular weight is 748 g/mol. The highest BCUT2D eigenvalue weighted by Gasteiger charge is 2.41. The van der Waals surface area contributed by atoms with Crippen LogP contribution in [-0.4, -0.2) is 0 Å². The number of anilines is 3. The molecule has 3 aliphatic carbocycles. The Labute approximate surface area is 343 Å². The van der Waals surface area contributed by atoms with Gasteiger partial charge in [-0.3, -0.25) is 0 Å². The highest BCUT2D eigenvalue weighted by Crippen LogP contribution is 2.56. The van der Waals surface area contributed by atoms with Gasteiger partial charge in [0.15, 0.2) is 0 Å². The molecule has 1 fully saturated rings. The Kier molecular flexibility index (Phi) is 8.12. The largest absolute Gasteiger partial charge is 0.310 e. The van der Waals surface area contributed by atoms with Crippen molar-refractivity contribution in [1.29, 1.82) is 0 Å². The van der Waals surface area contributed by atoms with Crippen LogP contribution in [0, 0.1) is 0 Å². The highest BCUT2D eigenvalue weighted by atomic mass is 15.1. The Bertz CT molecular complexity index is 2870. The van der Waals surface area contributed by atoms with Crippen LogP contribution >= 0.6 is 0 Å². The molecule has 1 saturated carbocycles. The third-order valence-electron chi connectivity index (χ3n) is 14.1. The van der Waals surface area contributed by atoms with Gasteiger partial charge in [-0.2, -0.15) is 0 Å². The summed E-state index contributed by atoms with van der Waals surface area (Å²) in [6.45, 7) is 7.20. The summed E-state index contributed by atoms with van der Waals surface area (Å²) in [5, 5.41) is 2.74. The van der Waals surface area contributed by atoms with Crippen molar-refractivity contribution in [2.45, 2.75) is 69.6 Å². The molecule has 282 valence electrons. The van der Waals surface area contributed by atoms with Crippen LogP contribution in [0.15, 0.2) is 176 Å². The Morgan fingerprint density at radius 2 is 0.983 bits per heavy atom. The third kappa shape index (κ3) is 5.22. The molecule has 8 aromatic carbocycles. The maximum absolute atomic E-state index is 2.56. The van der Waals surface area contributed by atoms with Gasteiger partial charge in [0.2, 0.25) is 0 Å². The van der Waals surface area contributed by atoms with E-state index in [0.717, 1.165) is 0 Å². The number of fused-ring (bicyclic) bond motifs is 7. The first-order valence-electron chi connectivity index (χ1n) is 21.4. The summed E-state index contributed by atoms with van der Waals surface area (Å²) in [5.74, 6) is 0.594. The number of para-hydroxylation sites is 1. The fraction of sp³-hybridized carbons (Fsp3) is 0.193. The first kappa shape index (κ1) is 35.0. The highest BCUT2D eigenvalue weighted by molar-refractivity contribution is 6.04. The van der Waals surface area contributed by atoms with Crippen LogP contribution in [0.1, 0.15) is 92.2 Å². The summed E-state index contributed by atoms with van der Waals surface area (Å²) >= 11 is 0. The number of benzene rings is 8. The molecule has 0 N–H and O–H groups in total. The first-order valence-corrected chi connectivity index (χ1v) is 21.4. The van der Waals surface area contributed by atoms with Crippen molar-refractivity contribution in [2.24, 2.45) is 0 Å². The van der Waals surface area contributed by atoms with Crippen molar-refractivity contribution in [3.8, 4) is 33.4 Å². The summed E-state index contributed by atoms with van der Waals surface area (Å²) in [5.41, 5.74) is 19.3. The van der Waals surface area contributed by atoms with E-state index in [1.54, 1.807) is 0 Å². The third-order valence-corrected chi connectivity index (χ3v) is 14.1. The second kappa shape index (κ2) is 13.5. The van der Waals surface area contributed by atoms with Crippen LogP contribution in [0.5, 0.6) is 0 Å². The summed E-state index contributed by atoms with van der Waals surface area (Å²) in [6.07, 6.45) is 6.52. The molecule has 0 heterocycles. The van der Waals surface area contributed by atoms with Crippen LogP contribution < -0.4 is 4.90 Å². The Hall–Kier alpha value is -6.18. The molecule has 1 atom stereocenters. The zero-order valence-electron chi connectivity index (χ0n) is 33.8. The lowest BCUT2D eigenvalue weighted by atomic mass is 9.74. The van der Waals surface area contributed by atoms with Crippen molar-refractivity contribution in [2.75, 3.05) is 4.90 Å². The first-order chi connectivity index (χ1) is 28.4. The summed E-state index contributed by atoms with van der Waals surface area (Å²) in [7, 11) is 0. The van der Waals surface area contributed by atoms with Gasteiger partial charge in [0.1, 0.15) is 0 Å². The van der Waals surface area contributed by atoms with E-state index in [-0.39, 0.29) is 10.8 Å². The van der Waals surface area contributed by atoms with Gasteiger partial charge >= 0.3 is 0 Å². The zero-order valence-corrected chi connectivity index (χ0v) is 33.8. The number of nitrogens with zero attached hydrogens (tertiary/aromatic N) is 1. The van der Waals surface area contributed by atoms with Gasteiger partial charge in [-0.05, 0) is 128 Å². The van der Waals surface area contributed by atoms with Crippen molar-refractivity contribution < 1.29 is 0 Å². The lowest BCUT2D eigenvalue weighted by molar-refractivity contribution is 0.445. The second-order valence-electron chi connectivity index (χ2n) is 17.6. The topological polar surface area (TPSA) is 3.24 Å². The predicted octanol–water partition coefficient (Wildman–Crippen LogP) is 15.7. The van der Waals surface area contributed by atoms with E-state index in [1.807, 2.05) is 0 Å². The van der Waals surface area contributed by atoms with Crippen molar-refractivity contribution in [3.63, 3.8) is 0 Å². The molecule has 1 unspecified atom stereocenters. The Morgan fingerprint density at radius 1 is 0.431 bits per heavy atom. The maximum atomic E-state index is 2.56. The van der Waals surface area contributed by atoms with Gasteiger partial charge in [-0.25, -0.2) is 0 Å². The molecule has 0 spiro atoms. The van der Waals surface area contributed by atoms with Crippen molar-refractivity contribution in [3.05, 3.63) is 209 Å². The van der Waals surface area contributed by atoms with Crippen LogP contribution in [-0.2, 0) is 10.8 Å². The summed E-state index contributed by atoms with van der Waals surface area (Å²) in [4.78, 5) is 2.56. The minimum Gasteiger partial charge on any atom is -0.310 e. The van der Waals surface area contributed by atoms with Gasteiger partial charge < -0.3 is 4.90 Å². The van der Waals surface area contributed by atoms with Crippen molar-refractivity contribution in [1.82, 2.24) is 0 Å². The molecule has 0 saturated heterocycles. The van der Waals surface area contributed by atoms with Crippen LogP contribution in [0.3, 0.4) is 0 Å². The molecule has 11 rings (SSSR count). The fourth-order valence-corrected chi connectivity index (χ4v) is 11.2. The summed E-state index contributed by atoms with van der Waals surface area (Å²) < 4.78 is 0. The standard InChI is InChI=1S/C57H49N/c1-56(2)50-29-13-10-24-44(50)46-34-32-41(36-52(46)56)58(42-33-35-47-45-25-11-14-30-51(45)57(3,53(47)37-42)40-22-8-5-9-23-40)54-31-15-12-26-48(54)49-28-17-21-39-20-16-27-43(55(39)49)38-18-6-4-7-19-38/h5,8-17,20-38H,4,6-7,18-19H2,1-3H3. The molecule has 8 aromatic rings. The Balaban J connectivity index is 1.16. The average Bonchev–Trinajstić information content (AvgIpc) is 3.68. The number of hydrogen-bond donors (Lipinski definition) is 0. The molecule has 3 aliphatic rings. The van der Waals surface area contributed by atoms with E-state index < -0.39 is 0 Å². The molecule has 0 aromatic heterocycles. The molecule has 1 heteroatoms. The lowest BCUT2D eigenvalue weighted by Gasteiger charge is -2.32. The van der Waals surface area contributed by atoms with E-state index in [9.17, 15) is 0 Å². The molecule has 1 nitrogen and oxygen atoms in total. The summed E-state index contributed by atoms with van der Waals surface area (Å²) in [6, 6.07) is 66.7. The minimum absolute atomic E-state index is 0.122. The van der Waals surface area contributed by atoms with Gasteiger partial charge in [-0.1, -0.05) is 179 Å². The monoisotopic (exact) mass is 747 g/mol. The molecule has 0 bridgehead atoms. The van der Waals surface area contributed by atoms with Gasteiger partial charge in [0, 0.05) is 27.8 Å². The van der Waals surface area contributed by atoms with Gasteiger partial charge in [-0.15, -0.1) is 0 Å². The maximum Gasteiger partial charge on any atom is 0.0540 e. The van der Waals surface area contributed by atoms with Gasteiger partial charge in [0.25, 0.3) is 0 Å². The van der Waals surface area contributed by atoms with E-state index >= 15 is 0 Å². The van der Waals surface area contributed by atoms with Crippen molar-refractivity contribution >= 4 is 27.8 Å². The molecule has 0 amide bonds. The number of hydrogen-bond acceptors (Lipinski definition) is 1. The quantitative estimate of drug-likeness (QED) is 0.164. The molecule has 0 radical (unpaired) electrons. The van der Waals surface area contributed by atoms with E-state index in [0.29, 0.717) is 5.92 Å². The SMILES string of the molecule is CC1(C)c2ccccc2-c2ccc(N(c3ccc4c(c3)C(C)(c3ccccc3)c3ccccc3-4)c3ccccc3-c3cccc4cccc(C5CCCCC5)c34)cc21. The normalized spacial score (nSPS) is 17.7. The molecular formula is C57H49N. The lowest BCUT2D eigenvalue weighted by Crippen LogP contribution is -2.23. The minimum atomic E-state index is -0.305. The van der Waals surface area contributed by atoms with E-state index in [4.69, 9.17) is 0 Å². The molecule has 0 aliphatic heterocycles. The number of rotatable bonds is 6. The predicted molar refractivity (Wildman–Crippen MR) is 245 cm³/mol. The van der Waals surface area contributed by atoms with Gasteiger partial charge in [0.05, 0.1) is 5.69 Å².